The van der Waals surface area contributed by atoms with Gasteiger partial charge in [-0.2, -0.15) is 0 Å². The zero-order valence-electron chi connectivity index (χ0n) is 17.3. The molecule has 0 unspecified atom stereocenters. The minimum atomic E-state index is -1.52. The van der Waals surface area contributed by atoms with Gasteiger partial charge in [0, 0.05) is 29.3 Å². The van der Waals surface area contributed by atoms with E-state index in [0.717, 1.165) is 22.4 Å². The van der Waals surface area contributed by atoms with Gasteiger partial charge in [0.05, 0.1) is 6.61 Å². The Bertz CT molecular complexity index is 900. The number of rotatable bonds is 6. The van der Waals surface area contributed by atoms with Crippen LogP contribution < -0.4 is 4.74 Å². The van der Waals surface area contributed by atoms with Gasteiger partial charge < -0.3 is 29.9 Å². The lowest BCUT2D eigenvalue weighted by Crippen LogP contribution is -2.60. The molecule has 30 heavy (non-hydrogen) atoms. The summed E-state index contributed by atoms with van der Waals surface area (Å²) in [6.07, 6.45) is -0.891. The van der Waals surface area contributed by atoms with Gasteiger partial charge in [-0.25, -0.2) is 0 Å². The van der Waals surface area contributed by atoms with Gasteiger partial charge in [-0.3, -0.25) is 4.68 Å². The minimum Gasteiger partial charge on any atom is -0.443 e. The van der Waals surface area contributed by atoms with Gasteiger partial charge in [0.1, 0.15) is 24.4 Å². The molecule has 1 saturated heterocycles. The summed E-state index contributed by atoms with van der Waals surface area (Å²) in [6.45, 7) is 5.38. The molecule has 0 radical (unpaired) electrons. The molecule has 0 spiro atoms. The smallest absolute Gasteiger partial charge is 0.239 e. The number of hydrogen-bond acceptors (Lipinski definition) is 7. The molecule has 0 saturated carbocycles. The van der Waals surface area contributed by atoms with E-state index in [1.165, 1.54) is 0 Å². The van der Waals surface area contributed by atoms with Gasteiger partial charge in [-0.05, 0) is 38.5 Å². The lowest BCUT2D eigenvalue weighted by molar-refractivity contribution is -0.278. The van der Waals surface area contributed by atoms with Crippen molar-refractivity contribution in [3.8, 4) is 18.2 Å². The summed E-state index contributed by atoms with van der Waals surface area (Å²) in [4.78, 5) is 0. The molecule has 5 atom stereocenters. The third kappa shape index (κ3) is 4.36. The highest BCUT2D eigenvalue weighted by molar-refractivity contribution is 5.40. The van der Waals surface area contributed by atoms with Crippen molar-refractivity contribution in [2.75, 3.05) is 6.61 Å². The maximum atomic E-state index is 10.3. The Hall–Kier alpha value is -2.41. The number of aliphatic hydroxyl groups excluding tert-OH is 4. The van der Waals surface area contributed by atoms with E-state index in [1.54, 1.807) is 0 Å². The number of hydrogen-bond donors (Lipinski definition) is 4. The van der Waals surface area contributed by atoms with Crippen molar-refractivity contribution in [1.82, 2.24) is 9.78 Å². The molecule has 1 aliphatic heterocycles. The Labute approximate surface area is 175 Å². The van der Waals surface area contributed by atoms with Gasteiger partial charge in [-0.1, -0.05) is 18.1 Å². The molecule has 8 nitrogen and oxygen atoms in total. The van der Waals surface area contributed by atoms with E-state index in [1.807, 2.05) is 49.7 Å². The SMILES string of the molecule is C#Cc1ccc(Cc2c(O[C@@H]3O[C@H](CO)[C@@H](O)[C@H](O)[C@H]3O)nn(C(C)C)c2C)cc1. The predicted molar refractivity (Wildman–Crippen MR) is 109 cm³/mol. The van der Waals surface area contributed by atoms with Crippen molar-refractivity contribution >= 4 is 0 Å². The second kappa shape index (κ2) is 9.16. The third-order valence-corrected chi connectivity index (χ3v) is 5.30. The summed E-state index contributed by atoms with van der Waals surface area (Å²) < 4.78 is 13.1. The van der Waals surface area contributed by atoms with Crippen LogP contribution in [0.4, 0.5) is 0 Å². The quantitative estimate of drug-likeness (QED) is 0.507. The third-order valence-electron chi connectivity index (χ3n) is 5.30. The Morgan fingerprint density at radius 3 is 2.40 bits per heavy atom. The number of aromatic nitrogens is 2. The fourth-order valence-electron chi connectivity index (χ4n) is 3.52. The van der Waals surface area contributed by atoms with Gasteiger partial charge in [-0.15, -0.1) is 11.5 Å². The van der Waals surface area contributed by atoms with Crippen LogP contribution in [0.2, 0.25) is 0 Å². The van der Waals surface area contributed by atoms with E-state index in [0.29, 0.717) is 6.42 Å². The molecule has 0 amide bonds. The second-order valence-corrected chi connectivity index (χ2v) is 7.74. The highest BCUT2D eigenvalue weighted by Crippen LogP contribution is 2.30. The lowest BCUT2D eigenvalue weighted by atomic mass is 9.99. The molecule has 2 heterocycles. The second-order valence-electron chi connectivity index (χ2n) is 7.74. The fourth-order valence-corrected chi connectivity index (χ4v) is 3.52. The Morgan fingerprint density at radius 1 is 1.17 bits per heavy atom. The number of benzene rings is 1. The predicted octanol–water partition coefficient (Wildman–Crippen LogP) is 0.523. The average Bonchev–Trinajstić information content (AvgIpc) is 3.04. The van der Waals surface area contributed by atoms with Crippen molar-refractivity contribution < 1.29 is 29.9 Å². The van der Waals surface area contributed by atoms with Crippen LogP contribution in [0.5, 0.6) is 5.88 Å². The largest absolute Gasteiger partial charge is 0.443 e. The molecule has 1 fully saturated rings. The maximum absolute atomic E-state index is 10.3. The first-order valence-electron chi connectivity index (χ1n) is 9.87. The first kappa shape index (κ1) is 22.3. The van der Waals surface area contributed by atoms with E-state index in [4.69, 9.17) is 15.9 Å². The fraction of sp³-hybridized carbons (Fsp3) is 0.500. The first-order chi connectivity index (χ1) is 14.3. The first-order valence-corrected chi connectivity index (χ1v) is 9.87. The molecular weight excluding hydrogens is 388 g/mol. The summed E-state index contributed by atoms with van der Waals surface area (Å²) in [6, 6.07) is 7.64. The van der Waals surface area contributed by atoms with Gasteiger partial charge in [0.2, 0.25) is 12.2 Å². The molecule has 8 heteroatoms. The van der Waals surface area contributed by atoms with Crippen molar-refractivity contribution in [2.45, 2.75) is 63.9 Å². The molecule has 1 aromatic heterocycles. The summed E-state index contributed by atoms with van der Waals surface area (Å²) in [7, 11) is 0. The molecule has 0 bridgehead atoms. The van der Waals surface area contributed by atoms with Gasteiger partial charge in [0.15, 0.2) is 0 Å². The van der Waals surface area contributed by atoms with Crippen molar-refractivity contribution in [1.29, 1.82) is 0 Å². The summed E-state index contributed by atoms with van der Waals surface area (Å²) in [5.74, 6) is 2.84. The van der Waals surface area contributed by atoms with E-state index in [2.05, 4.69) is 11.0 Å². The van der Waals surface area contributed by atoms with Crippen LogP contribution in [0.1, 0.15) is 42.3 Å². The number of terminal acetylenes is 1. The average molecular weight is 416 g/mol. The Morgan fingerprint density at radius 2 is 1.83 bits per heavy atom. The summed E-state index contributed by atoms with van der Waals surface area (Å²) in [5.41, 5.74) is 3.48. The van der Waals surface area contributed by atoms with E-state index >= 15 is 0 Å². The van der Waals surface area contributed by atoms with Crippen LogP contribution in [0, 0.1) is 19.3 Å². The Kier molecular flexibility index (Phi) is 6.81. The van der Waals surface area contributed by atoms with Crippen LogP contribution in [-0.2, 0) is 11.2 Å². The number of nitrogens with zero attached hydrogens (tertiary/aromatic N) is 2. The van der Waals surface area contributed by atoms with E-state index in [-0.39, 0.29) is 11.9 Å². The van der Waals surface area contributed by atoms with Gasteiger partial charge >= 0.3 is 0 Å². The van der Waals surface area contributed by atoms with Crippen LogP contribution in [-0.4, -0.2) is 67.5 Å². The van der Waals surface area contributed by atoms with Gasteiger partial charge in [0.25, 0.3) is 0 Å². The molecule has 0 aliphatic carbocycles. The highest BCUT2D eigenvalue weighted by Gasteiger charge is 2.45. The zero-order chi connectivity index (χ0) is 22.0. The van der Waals surface area contributed by atoms with Crippen LogP contribution in [0.15, 0.2) is 24.3 Å². The van der Waals surface area contributed by atoms with Crippen molar-refractivity contribution in [3.05, 3.63) is 46.6 Å². The molecule has 162 valence electrons. The normalized spacial score (nSPS) is 26.6. The zero-order valence-corrected chi connectivity index (χ0v) is 17.3. The minimum absolute atomic E-state index is 0.0692. The van der Waals surface area contributed by atoms with Crippen LogP contribution >= 0.6 is 0 Å². The standard InChI is InChI=1S/C22H28N2O6/c1-5-14-6-8-15(9-7-14)10-16-13(4)24(12(2)3)23-21(16)30-22-20(28)19(27)18(26)17(11-25)29-22/h1,6-9,12,17-20,22,25-28H,10-11H2,2-4H3/t17-,18-,19+,20-,22+/m1/s1. The number of ether oxygens (including phenoxy) is 2. The monoisotopic (exact) mass is 416 g/mol. The van der Waals surface area contributed by atoms with Crippen LogP contribution in [0.25, 0.3) is 0 Å². The van der Waals surface area contributed by atoms with Crippen LogP contribution in [0.3, 0.4) is 0 Å². The lowest BCUT2D eigenvalue weighted by Gasteiger charge is -2.39. The molecule has 4 N–H and O–H groups in total. The Balaban J connectivity index is 1.91. The summed E-state index contributed by atoms with van der Waals surface area (Å²) >= 11 is 0. The molecule has 2 aromatic rings. The molecular formula is C22H28N2O6. The maximum Gasteiger partial charge on any atom is 0.239 e. The molecule has 1 aromatic carbocycles. The molecule has 3 rings (SSSR count). The summed E-state index contributed by atoms with van der Waals surface area (Å²) in [5, 5.41) is 44.2. The highest BCUT2D eigenvalue weighted by atomic mass is 16.7. The topological polar surface area (TPSA) is 117 Å². The van der Waals surface area contributed by atoms with Crippen molar-refractivity contribution in [2.24, 2.45) is 0 Å². The van der Waals surface area contributed by atoms with E-state index in [9.17, 15) is 20.4 Å². The van der Waals surface area contributed by atoms with Crippen molar-refractivity contribution in [3.63, 3.8) is 0 Å². The molecule has 1 aliphatic rings. The van der Waals surface area contributed by atoms with E-state index < -0.39 is 37.3 Å². The number of aliphatic hydroxyl groups is 4.